The third kappa shape index (κ3) is 3.28. The summed E-state index contributed by atoms with van der Waals surface area (Å²) in [5, 5.41) is 3.24. The number of likely N-dealkylation sites (tertiary alicyclic amines) is 1. The molecule has 5 heteroatoms. The van der Waals surface area contributed by atoms with Gasteiger partial charge in [0.25, 0.3) is 5.91 Å². The van der Waals surface area contributed by atoms with E-state index in [2.05, 4.69) is 10.3 Å². The van der Waals surface area contributed by atoms with E-state index in [9.17, 15) is 4.79 Å². The highest BCUT2D eigenvalue weighted by Gasteiger charge is 2.25. The molecule has 1 saturated heterocycles. The molecule has 0 aliphatic carbocycles. The lowest BCUT2D eigenvalue weighted by Crippen LogP contribution is -2.40. The largest absolute Gasteiger partial charge is 0.385 e. The standard InChI is InChI=1S/C15H23N3O2/c1-4-16-14-9-11(2)17-10-13(14)15(19)18-7-5-12(20-3)6-8-18/h9-10,12H,4-8H2,1-3H3,(H,16,17). The number of aryl methyl sites for hydroxylation is 1. The number of ether oxygens (including phenoxy) is 1. The first-order chi connectivity index (χ1) is 9.65. The summed E-state index contributed by atoms with van der Waals surface area (Å²) in [7, 11) is 1.73. The Morgan fingerprint density at radius 3 is 2.80 bits per heavy atom. The highest BCUT2D eigenvalue weighted by Crippen LogP contribution is 2.21. The van der Waals surface area contributed by atoms with E-state index in [0.29, 0.717) is 5.56 Å². The Morgan fingerprint density at radius 1 is 1.50 bits per heavy atom. The quantitative estimate of drug-likeness (QED) is 0.915. The van der Waals surface area contributed by atoms with Crippen LogP contribution in [0, 0.1) is 6.92 Å². The van der Waals surface area contributed by atoms with Gasteiger partial charge in [-0.15, -0.1) is 0 Å². The number of carbonyl (C=O) groups is 1. The van der Waals surface area contributed by atoms with Crippen LogP contribution in [0.3, 0.4) is 0 Å². The molecule has 1 aliphatic rings. The average molecular weight is 277 g/mol. The molecule has 1 aromatic heterocycles. The lowest BCUT2D eigenvalue weighted by molar-refractivity contribution is 0.0351. The first kappa shape index (κ1) is 14.8. The van der Waals surface area contributed by atoms with E-state index in [1.54, 1.807) is 13.3 Å². The molecular formula is C15H23N3O2. The summed E-state index contributed by atoms with van der Waals surface area (Å²) >= 11 is 0. The van der Waals surface area contributed by atoms with E-state index >= 15 is 0 Å². The molecule has 0 aromatic carbocycles. The zero-order valence-electron chi connectivity index (χ0n) is 12.5. The summed E-state index contributed by atoms with van der Waals surface area (Å²) < 4.78 is 5.34. The fraction of sp³-hybridized carbons (Fsp3) is 0.600. The maximum absolute atomic E-state index is 12.6. The summed E-state index contributed by atoms with van der Waals surface area (Å²) in [6, 6.07) is 1.93. The Hall–Kier alpha value is -1.62. The Morgan fingerprint density at radius 2 is 2.20 bits per heavy atom. The molecule has 5 nitrogen and oxygen atoms in total. The van der Waals surface area contributed by atoms with Crippen LogP contribution < -0.4 is 5.32 Å². The number of nitrogens with one attached hydrogen (secondary N) is 1. The number of aromatic nitrogens is 1. The third-order valence-corrected chi connectivity index (χ3v) is 3.70. The number of hydrogen-bond donors (Lipinski definition) is 1. The molecule has 1 N–H and O–H groups in total. The topological polar surface area (TPSA) is 54.5 Å². The lowest BCUT2D eigenvalue weighted by Gasteiger charge is -2.31. The van der Waals surface area contributed by atoms with Gasteiger partial charge < -0.3 is 15.0 Å². The average Bonchev–Trinajstić information content (AvgIpc) is 2.47. The minimum Gasteiger partial charge on any atom is -0.385 e. The summed E-state index contributed by atoms with van der Waals surface area (Å²) in [6.45, 7) is 6.23. The summed E-state index contributed by atoms with van der Waals surface area (Å²) in [5.74, 6) is 0.0583. The van der Waals surface area contributed by atoms with E-state index in [1.807, 2.05) is 24.8 Å². The summed E-state index contributed by atoms with van der Waals surface area (Å²) in [4.78, 5) is 18.8. The molecule has 1 amide bonds. The number of nitrogens with zero attached hydrogens (tertiary/aromatic N) is 2. The molecule has 110 valence electrons. The van der Waals surface area contributed by atoms with Crippen molar-refractivity contribution in [2.45, 2.75) is 32.8 Å². The predicted molar refractivity (Wildman–Crippen MR) is 79.1 cm³/mol. The van der Waals surface area contributed by atoms with Crippen molar-refractivity contribution in [1.29, 1.82) is 0 Å². The molecule has 1 fully saturated rings. The molecule has 0 saturated carbocycles. The van der Waals surface area contributed by atoms with Gasteiger partial charge in [0.15, 0.2) is 0 Å². The molecule has 0 spiro atoms. The van der Waals surface area contributed by atoms with Crippen molar-refractivity contribution in [2.75, 3.05) is 32.1 Å². The summed E-state index contributed by atoms with van der Waals surface area (Å²) in [6.07, 6.45) is 3.76. The molecule has 0 bridgehead atoms. The van der Waals surface area contributed by atoms with Crippen LogP contribution in [0.2, 0.25) is 0 Å². The fourth-order valence-electron chi connectivity index (χ4n) is 2.53. The number of pyridine rings is 1. The van der Waals surface area contributed by atoms with Crippen molar-refractivity contribution in [3.05, 3.63) is 23.5 Å². The number of rotatable bonds is 4. The molecule has 1 aliphatic heterocycles. The van der Waals surface area contributed by atoms with Gasteiger partial charge in [0, 0.05) is 38.6 Å². The molecule has 0 unspecified atom stereocenters. The zero-order chi connectivity index (χ0) is 14.5. The third-order valence-electron chi connectivity index (χ3n) is 3.70. The van der Waals surface area contributed by atoms with Crippen LogP contribution in [0.15, 0.2) is 12.3 Å². The number of hydrogen-bond acceptors (Lipinski definition) is 4. The maximum Gasteiger partial charge on any atom is 0.257 e. The molecule has 0 radical (unpaired) electrons. The maximum atomic E-state index is 12.6. The van der Waals surface area contributed by atoms with Crippen molar-refractivity contribution >= 4 is 11.6 Å². The van der Waals surface area contributed by atoms with E-state index in [0.717, 1.165) is 43.9 Å². The smallest absolute Gasteiger partial charge is 0.257 e. The molecular weight excluding hydrogens is 254 g/mol. The van der Waals surface area contributed by atoms with Gasteiger partial charge in [-0.05, 0) is 32.8 Å². The molecule has 2 rings (SSSR count). The van der Waals surface area contributed by atoms with Crippen LogP contribution >= 0.6 is 0 Å². The van der Waals surface area contributed by atoms with Crippen LogP contribution in [0.1, 0.15) is 35.8 Å². The monoisotopic (exact) mass is 277 g/mol. The molecule has 1 aromatic rings. The SMILES string of the molecule is CCNc1cc(C)ncc1C(=O)N1CCC(OC)CC1. The second-order valence-corrected chi connectivity index (χ2v) is 5.13. The van der Waals surface area contributed by atoms with Gasteiger partial charge in [-0.2, -0.15) is 0 Å². The van der Waals surface area contributed by atoms with Gasteiger partial charge in [0.2, 0.25) is 0 Å². The highest BCUT2D eigenvalue weighted by molar-refractivity contribution is 5.99. The van der Waals surface area contributed by atoms with Gasteiger partial charge in [0.1, 0.15) is 0 Å². The van der Waals surface area contributed by atoms with Crippen molar-refractivity contribution in [3.63, 3.8) is 0 Å². The molecule has 20 heavy (non-hydrogen) atoms. The summed E-state index contributed by atoms with van der Waals surface area (Å²) in [5.41, 5.74) is 2.45. The van der Waals surface area contributed by atoms with Crippen molar-refractivity contribution in [1.82, 2.24) is 9.88 Å². The Labute approximate surface area is 120 Å². The Bertz CT molecular complexity index is 468. The zero-order valence-corrected chi connectivity index (χ0v) is 12.5. The van der Waals surface area contributed by atoms with Crippen LogP contribution in [0.5, 0.6) is 0 Å². The predicted octanol–water partition coefficient (Wildman–Crippen LogP) is 2.07. The van der Waals surface area contributed by atoms with Crippen LogP contribution in [-0.4, -0.2) is 48.6 Å². The molecule has 2 heterocycles. The van der Waals surface area contributed by atoms with Crippen molar-refractivity contribution in [3.8, 4) is 0 Å². The van der Waals surface area contributed by atoms with Crippen LogP contribution in [0.25, 0.3) is 0 Å². The first-order valence-electron chi connectivity index (χ1n) is 7.18. The second-order valence-electron chi connectivity index (χ2n) is 5.13. The number of piperidine rings is 1. The first-order valence-corrected chi connectivity index (χ1v) is 7.18. The highest BCUT2D eigenvalue weighted by atomic mass is 16.5. The lowest BCUT2D eigenvalue weighted by atomic mass is 10.1. The van der Waals surface area contributed by atoms with E-state index in [1.165, 1.54) is 0 Å². The number of anilines is 1. The van der Waals surface area contributed by atoms with Crippen LogP contribution in [-0.2, 0) is 4.74 Å². The van der Waals surface area contributed by atoms with Gasteiger partial charge in [-0.3, -0.25) is 9.78 Å². The van der Waals surface area contributed by atoms with E-state index in [4.69, 9.17) is 4.74 Å². The number of amides is 1. The number of methoxy groups -OCH3 is 1. The normalized spacial score (nSPS) is 16.2. The van der Waals surface area contributed by atoms with Gasteiger partial charge >= 0.3 is 0 Å². The van der Waals surface area contributed by atoms with Gasteiger partial charge in [-0.25, -0.2) is 0 Å². The second kappa shape index (κ2) is 6.70. The Kier molecular flexibility index (Phi) is 4.95. The fourth-order valence-corrected chi connectivity index (χ4v) is 2.53. The number of carbonyl (C=O) groups excluding carboxylic acids is 1. The van der Waals surface area contributed by atoms with Crippen LogP contribution in [0.4, 0.5) is 5.69 Å². The van der Waals surface area contributed by atoms with Crippen molar-refractivity contribution < 1.29 is 9.53 Å². The van der Waals surface area contributed by atoms with E-state index < -0.39 is 0 Å². The Balaban J connectivity index is 2.13. The minimum atomic E-state index is 0.0583. The van der Waals surface area contributed by atoms with E-state index in [-0.39, 0.29) is 12.0 Å². The van der Waals surface area contributed by atoms with Crippen molar-refractivity contribution in [2.24, 2.45) is 0 Å². The van der Waals surface area contributed by atoms with Gasteiger partial charge in [0.05, 0.1) is 17.4 Å². The molecule has 0 atom stereocenters. The minimum absolute atomic E-state index is 0.0583. The van der Waals surface area contributed by atoms with Gasteiger partial charge in [-0.1, -0.05) is 0 Å².